The number of benzene rings is 3. The number of unbranched alkanes of at least 4 members (excludes halogenated alkanes) is 2. The lowest BCUT2D eigenvalue weighted by Crippen LogP contribution is -2.36. The molecule has 3 aromatic carbocycles. The number of thioether (sulfide) groups is 1. The molecule has 9 heteroatoms. The summed E-state index contributed by atoms with van der Waals surface area (Å²) in [6.07, 6.45) is 7.40. The van der Waals surface area contributed by atoms with Crippen molar-refractivity contribution >= 4 is 68.0 Å². The number of aliphatic hydroxyl groups excluding tert-OH is 2. The Morgan fingerprint density at radius 1 is 0.830 bits per heavy atom. The van der Waals surface area contributed by atoms with Crippen LogP contribution >= 0.6 is 23.1 Å². The van der Waals surface area contributed by atoms with Gasteiger partial charge in [0.1, 0.15) is 23.3 Å². The number of rotatable bonds is 10. The topological polar surface area (TPSA) is 84.7 Å². The summed E-state index contributed by atoms with van der Waals surface area (Å²) in [5.74, 6) is -1.01. The lowest BCUT2D eigenvalue weighted by molar-refractivity contribution is -0.669. The number of thiazole rings is 1. The van der Waals surface area contributed by atoms with Gasteiger partial charge in [0, 0.05) is 53.3 Å². The summed E-state index contributed by atoms with van der Waals surface area (Å²) in [5, 5.41) is 25.3. The molecule has 8 rings (SSSR count). The second-order valence-corrected chi connectivity index (χ2v) is 16.6. The number of nitrogens with zero attached hydrogens (tertiary/aromatic N) is 3. The van der Waals surface area contributed by atoms with E-state index in [0.29, 0.717) is 17.1 Å². The van der Waals surface area contributed by atoms with Gasteiger partial charge in [0.2, 0.25) is 22.8 Å². The average Bonchev–Trinajstić information content (AvgIpc) is 3.77. The Morgan fingerprint density at radius 2 is 1.47 bits per heavy atom. The van der Waals surface area contributed by atoms with Gasteiger partial charge in [0.15, 0.2) is 12.3 Å². The van der Waals surface area contributed by atoms with Crippen LogP contribution in [0.3, 0.4) is 0 Å². The van der Waals surface area contributed by atoms with E-state index < -0.39 is 5.41 Å². The molecule has 53 heavy (non-hydrogen) atoms. The molecule has 2 aliphatic heterocycles. The largest absolute Gasteiger partial charge is 0.506 e. The highest BCUT2D eigenvalue weighted by Crippen LogP contribution is 2.54. The molecule has 0 amide bonds. The van der Waals surface area contributed by atoms with Crippen molar-refractivity contribution in [2.24, 2.45) is 0 Å². The van der Waals surface area contributed by atoms with Gasteiger partial charge in [-0.05, 0) is 38.5 Å². The van der Waals surface area contributed by atoms with Crippen LogP contribution in [0.15, 0.2) is 128 Å². The molecule has 4 aliphatic rings. The number of hydrogen-bond acceptors (Lipinski definition) is 7. The van der Waals surface area contributed by atoms with E-state index in [4.69, 9.17) is 0 Å². The van der Waals surface area contributed by atoms with Crippen LogP contribution in [-0.2, 0) is 21.5 Å². The van der Waals surface area contributed by atoms with E-state index in [9.17, 15) is 19.8 Å². The van der Waals surface area contributed by atoms with Crippen molar-refractivity contribution in [3.8, 4) is 0 Å². The van der Waals surface area contributed by atoms with Crippen molar-refractivity contribution in [2.75, 3.05) is 18.5 Å². The number of Topliss-reactive ketones (excluding diaryl/α,β-unsaturated/α-hetero) is 2. The molecule has 7 nitrogen and oxygen atoms in total. The molecule has 3 heterocycles. The fourth-order valence-corrected chi connectivity index (χ4v) is 10.3. The number of allylic oxidation sites excluding steroid dienone is 6. The quantitative estimate of drug-likeness (QED) is 0.125. The zero-order valence-electron chi connectivity index (χ0n) is 30.7. The number of aromatic nitrogens is 1. The highest BCUT2D eigenvalue weighted by Gasteiger charge is 2.50. The molecule has 0 radical (unpaired) electrons. The van der Waals surface area contributed by atoms with Gasteiger partial charge < -0.3 is 15.1 Å². The summed E-state index contributed by atoms with van der Waals surface area (Å²) < 4.78 is 5.38. The van der Waals surface area contributed by atoms with E-state index in [1.165, 1.54) is 11.8 Å². The van der Waals surface area contributed by atoms with Crippen LogP contribution in [0, 0.1) is 0 Å². The van der Waals surface area contributed by atoms with Crippen LogP contribution in [-0.4, -0.2) is 45.7 Å². The van der Waals surface area contributed by atoms with Crippen LogP contribution in [0.1, 0.15) is 63.9 Å². The first-order chi connectivity index (χ1) is 25.6. The fraction of sp³-hybridized carbons (Fsp3) is 0.273. The Hall–Kier alpha value is -4.99. The monoisotopic (exact) mass is 741 g/mol. The maximum atomic E-state index is 14.4. The van der Waals surface area contributed by atoms with E-state index in [0.717, 1.165) is 75.0 Å². The van der Waals surface area contributed by atoms with Gasteiger partial charge in [-0.15, -0.1) is 0 Å². The first kappa shape index (κ1) is 35.1. The summed E-state index contributed by atoms with van der Waals surface area (Å²) >= 11 is 3.05. The van der Waals surface area contributed by atoms with E-state index in [-0.39, 0.29) is 45.4 Å². The maximum Gasteiger partial charge on any atom is 0.263 e. The number of para-hydroxylation sites is 3. The Labute approximate surface area is 318 Å². The molecule has 0 saturated carbocycles. The summed E-state index contributed by atoms with van der Waals surface area (Å²) in [7, 11) is 1.97. The third-order valence-electron chi connectivity index (χ3n) is 10.8. The van der Waals surface area contributed by atoms with E-state index in [2.05, 4.69) is 66.0 Å². The minimum absolute atomic E-state index is 0.0680. The number of carbonyl (C=O) groups is 2. The molecular formula is C44H43N3O4S2+2. The molecule has 0 atom stereocenters. The van der Waals surface area contributed by atoms with Gasteiger partial charge in [-0.1, -0.05) is 92.3 Å². The van der Waals surface area contributed by atoms with E-state index in [1.807, 2.05) is 55.6 Å². The van der Waals surface area contributed by atoms with Crippen LogP contribution < -0.4 is 9.47 Å². The summed E-state index contributed by atoms with van der Waals surface area (Å²) in [6, 6.07) is 24.3. The van der Waals surface area contributed by atoms with E-state index >= 15 is 0 Å². The lowest BCUT2D eigenvalue weighted by atomic mass is 9.73. The predicted octanol–water partition coefficient (Wildman–Crippen LogP) is 9.42. The molecule has 0 fully saturated rings. The number of carbonyl (C=O) groups excluding carboxylic acids is 2. The van der Waals surface area contributed by atoms with Gasteiger partial charge in [0.05, 0.1) is 38.4 Å². The van der Waals surface area contributed by atoms with Crippen LogP contribution in [0.25, 0.3) is 16.3 Å². The number of fused-ring (bicyclic) bond motifs is 3. The maximum absolute atomic E-state index is 14.4. The zero-order valence-corrected chi connectivity index (χ0v) is 32.3. The number of hydrogen-bond donors (Lipinski definition) is 2. The normalized spacial score (nSPS) is 20.2. The highest BCUT2D eigenvalue weighted by atomic mass is 32.2. The first-order valence-corrected chi connectivity index (χ1v) is 20.0. The average molecular weight is 742 g/mol. The van der Waals surface area contributed by atoms with Gasteiger partial charge >= 0.3 is 0 Å². The van der Waals surface area contributed by atoms with Crippen molar-refractivity contribution in [2.45, 2.75) is 70.2 Å². The van der Waals surface area contributed by atoms with Gasteiger partial charge in [0.25, 0.3) is 5.01 Å². The predicted molar refractivity (Wildman–Crippen MR) is 214 cm³/mol. The third-order valence-corrected chi connectivity index (χ3v) is 13.1. The Morgan fingerprint density at radius 3 is 2.17 bits per heavy atom. The van der Waals surface area contributed by atoms with Crippen LogP contribution in [0.4, 0.5) is 11.4 Å². The van der Waals surface area contributed by atoms with E-state index in [1.54, 1.807) is 23.5 Å². The van der Waals surface area contributed by atoms with Crippen LogP contribution in [0.2, 0.25) is 0 Å². The van der Waals surface area contributed by atoms with Crippen LogP contribution in [0.5, 0.6) is 0 Å². The molecule has 1 aromatic heterocycles. The fourth-order valence-electron chi connectivity index (χ4n) is 7.90. The van der Waals surface area contributed by atoms with Crippen molar-refractivity contribution in [1.82, 2.24) is 0 Å². The summed E-state index contributed by atoms with van der Waals surface area (Å²) in [6.45, 7) is 9.96. The molecule has 2 aliphatic carbocycles. The number of ketones is 2. The molecule has 2 N–H and O–H groups in total. The zero-order chi connectivity index (χ0) is 37.2. The Kier molecular flexibility index (Phi) is 8.90. The van der Waals surface area contributed by atoms with Gasteiger partial charge in [-0.25, -0.2) is 0 Å². The van der Waals surface area contributed by atoms with Crippen molar-refractivity contribution < 1.29 is 28.9 Å². The summed E-state index contributed by atoms with van der Waals surface area (Å²) in [5.41, 5.74) is 5.60. The molecule has 268 valence electrons. The highest BCUT2D eigenvalue weighted by molar-refractivity contribution is 8.03. The molecular weight excluding hydrogens is 699 g/mol. The second-order valence-electron chi connectivity index (χ2n) is 14.5. The van der Waals surface area contributed by atoms with Crippen molar-refractivity contribution in [3.63, 3.8) is 0 Å². The minimum Gasteiger partial charge on any atom is -0.506 e. The SMILES string of the molecule is CCCCN1C(=C(C2=C(O)C(=CC3=[N+](C)c4ccccc4C3(C)C)C2=O)C2=C(O)C(=Cc3sc4ccccc4[n+]3CCCC)C2=O)Sc2ccccc21. The summed E-state index contributed by atoms with van der Waals surface area (Å²) in [4.78, 5) is 31.9. The number of aryl methyl sites for hydroxylation is 1. The number of aliphatic hydroxyl groups is 2. The van der Waals surface area contributed by atoms with Crippen molar-refractivity contribution in [1.29, 1.82) is 0 Å². The standard InChI is InChI=1S/C44H41N3O4S2/c1-6-8-22-46-30-18-12-14-20-32(30)52-35(46)25-27-41(50)38(42(27)51)36(43-47(23-9-7-2)31-19-13-15-21-33(31)53-43)37-39(48)26(40(37)49)24-34-44(3,4)28-16-10-11-17-29(28)45(34)5/h10-21,24-25H,6-9,22-23H2,1-5H3/p+2. The smallest absolute Gasteiger partial charge is 0.263 e. The molecule has 0 unspecified atom stereocenters. The molecule has 4 aromatic rings. The first-order valence-electron chi connectivity index (χ1n) is 18.4. The molecule has 0 bridgehead atoms. The third kappa shape index (κ3) is 5.47. The number of anilines is 1. The lowest BCUT2D eigenvalue weighted by Gasteiger charge is -2.32. The Balaban J connectivity index is 1.29. The van der Waals surface area contributed by atoms with Gasteiger partial charge in [-0.3, -0.25) is 9.59 Å². The van der Waals surface area contributed by atoms with Gasteiger partial charge in [-0.2, -0.15) is 9.14 Å². The Bertz CT molecular complexity index is 2460. The second kappa shape index (κ2) is 13.5. The molecule has 0 saturated heterocycles. The molecule has 0 spiro atoms. The van der Waals surface area contributed by atoms with Crippen molar-refractivity contribution in [3.05, 3.63) is 134 Å². The minimum atomic E-state index is -0.402.